The van der Waals surface area contributed by atoms with E-state index in [0.717, 1.165) is 46.6 Å². The van der Waals surface area contributed by atoms with Crippen molar-refractivity contribution in [2.24, 2.45) is 0 Å². The molecule has 0 saturated carbocycles. The molecular weight excluding hydrogens is 426 g/mol. The second-order valence-electron chi connectivity index (χ2n) is 5.11. The summed E-state index contributed by atoms with van der Waals surface area (Å²) in [4.78, 5) is 18.5. The van der Waals surface area contributed by atoms with Gasteiger partial charge in [-0.1, -0.05) is 0 Å². The summed E-state index contributed by atoms with van der Waals surface area (Å²) in [5.41, 5.74) is 2.35. The number of aromatic nitrogens is 1. The number of carbonyl (C=O) groups is 1. The fourth-order valence-electron chi connectivity index (χ4n) is 2.38. The predicted octanol–water partition coefficient (Wildman–Crippen LogP) is 3.70. The standard InChI is InChI=1S/C16H15Br2N3O2/c17-12-7-11(9-19-10-12)16(22)20-13-1-2-15(14(18)8-13)21-3-5-23-6-4-21/h1-2,7-10H,3-6H2,(H,20,22). The van der Waals surface area contributed by atoms with Crippen molar-refractivity contribution in [2.45, 2.75) is 0 Å². The van der Waals surface area contributed by atoms with Gasteiger partial charge in [-0.3, -0.25) is 9.78 Å². The molecule has 1 amide bonds. The molecule has 0 aliphatic carbocycles. The van der Waals surface area contributed by atoms with Crippen LogP contribution in [0.4, 0.5) is 11.4 Å². The Morgan fingerprint density at radius 2 is 1.96 bits per heavy atom. The molecule has 1 aromatic heterocycles. The van der Waals surface area contributed by atoms with Crippen molar-refractivity contribution in [2.75, 3.05) is 36.5 Å². The van der Waals surface area contributed by atoms with Gasteiger partial charge in [-0.25, -0.2) is 0 Å². The van der Waals surface area contributed by atoms with E-state index in [0.29, 0.717) is 5.56 Å². The van der Waals surface area contributed by atoms with Crippen LogP contribution in [-0.4, -0.2) is 37.2 Å². The van der Waals surface area contributed by atoms with Crippen LogP contribution in [0.15, 0.2) is 45.6 Å². The van der Waals surface area contributed by atoms with Gasteiger partial charge < -0.3 is 15.0 Å². The minimum atomic E-state index is -0.190. The van der Waals surface area contributed by atoms with Crippen molar-refractivity contribution in [3.63, 3.8) is 0 Å². The van der Waals surface area contributed by atoms with Crippen molar-refractivity contribution in [1.82, 2.24) is 4.98 Å². The zero-order valence-corrected chi connectivity index (χ0v) is 15.4. The van der Waals surface area contributed by atoms with E-state index in [2.05, 4.69) is 47.1 Å². The molecule has 1 aliphatic rings. The van der Waals surface area contributed by atoms with Crippen molar-refractivity contribution < 1.29 is 9.53 Å². The lowest BCUT2D eigenvalue weighted by atomic mass is 10.2. The minimum absolute atomic E-state index is 0.190. The number of nitrogens with zero attached hydrogens (tertiary/aromatic N) is 2. The second kappa shape index (κ2) is 7.42. The highest BCUT2D eigenvalue weighted by molar-refractivity contribution is 9.10. The Hall–Kier alpha value is -1.44. The van der Waals surface area contributed by atoms with Gasteiger partial charge in [-0.05, 0) is 56.1 Å². The zero-order chi connectivity index (χ0) is 16.2. The number of anilines is 2. The number of pyridine rings is 1. The van der Waals surface area contributed by atoms with Crippen LogP contribution in [0.2, 0.25) is 0 Å². The number of rotatable bonds is 3. The van der Waals surface area contributed by atoms with Crippen molar-refractivity contribution in [1.29, 1.82) is 0 Å². The molecule has 0 bridgehead atoms. The van der Waals surface area contributed by atoms with Gasteiger partial charge in [-0.15, -0.1) is 0 Å². The van der Waals surface area contributed by atoms with E-state index in [1.165, 1.54) is 6.20 Å². The maximum atomic E-state index is 12.3. The lowest BCUT2D eigenvalue weighted by Gasteiger charge is -2.29. The van der Waals surface area contributed by atoms with E-state index in [4.69, 9.17) is 4.74 Å². The minimum Gasteiger partial charge on any atom is -0.378 e. The molecule has 1 N–H and O–H groups in total. The molecule has 7 heteroatoms. The number of nitrogens with one attached hydrogen (secondary N) is 1. The molecule has 0 spiro atoms. The van der Waals surface area contributed by atoms with Crippen LogP contribution in [0.25, 0.3) is 0 Å². The second-order valence-corrected chi connectivity index (χ2v) is 6.88. The highest BCUT2D eigenvalue weighted by Gasteiger charge is 2.15. The first-order valence-corrected chi connectivity index (χ1v) is 8.76. The molecule has 1 fully saturated rings. The third kappa shape index (κ3) is 4.10. The molecule has 1 aromatic carbocycles. The van der Waals surface area contributed by atoms with E-state index in [9.17, 15) is 4.79 Å². The number of benzene rings is 1. The van der Waals surface area contributed by atoms with Gasteiger partial charge in [0.15, 0.2) is 0 Å². The third-order valence-corrected chi connectivity index (χ3v) is 4.59. The van der Waals surface area contributed by atoms with E-state index in [-0.39, 0.29) is 5.91 Å². The van der Waals surface area contributed by atoms with Crippen LogP contribution in [0.1, 0.15) is 10.4 Å². The van der Waals surface area contributed by atoms with Gasteiger partial charge in [-0.2, -0.15) is 0 Å². The Labute approximate surface area is 151 Å². The Balaban J connectivity index is 1.73. The van der Waals surface area contributed by atoms with Crippen LogP contribution in [-0.2, 0) is 4.74 Å². The SMILES string of the molecule is O=C(Nc1ccc(N2CCOCC2)c(Br)c1)c1cncc(Br)c1. The molecule has 2 aromatic rings. The van der Waals surface area contributed by atoms with Gasteiger partial charge in [0, 0.05) is 40.1 Å². The summed E-state index contributed by atoms with van der Waals surface area (Å²) in [6, 6.07) is 7.55. The fourth-order valence-corrected chi connectivity index (χ4v) is 3.38. The molecule has 1 saturated heterocycles. The maximum Gasteiger partial charge on any atom is 0.257 e. The molecule has 1 aliphatic heterocycles. The maximum absolute atomic E-state index is 12.3. The Bertz CT molecular complexity index is 718. The zero-order valence-electron chi connectivity index (χ0n) is 12.3. The fraction of sp³-hybridized carbons (Fsp3) is 0.250. The highest BCUT2D eigenvalue weighted by atomic mass is 79.9. The normalized spacial score (nSPS) is 14.6. The number of hydrogen-bond acceptors (Lipinski definition) is 4. The van der Waals surface area contributed by atoms with E-state index in [1.807, 2.05) is 18.2 Å². The summed E-state index contributed by atoms with van der Waals surface area (Å²) in [5, 5.41) is 2.88. The number of ether oxygens (including phenoxy) is 1. The average Bonchev–Trinajstić information content (AvgIpc) is 2.56. The topological polar surface area (TPSA) is 54.5 Å². The van der Waals surface area contributed by atoms with Crippen molar-refractivity contribution in [3.8, 4) is 0 Å². The number of amides is 1. The predicted molar refractivity (Wildman–Crippen MR) is 97.1 cm³/mol. The smallest absolute Gasteiger partial charge is 0.257 e. The Morgan fingerprint density at radius 3 is 2.65 bits per heavy atom. The largest absolute Gasteiger partial charge is 0.378 e. The summed E-state index contributed by atoms with van der Waals surface area (Å²) in [6.45, 7) is 3.21. The first kappa shape index (κ1) is 16.4. The van der Waals surface area contributed by atoms with Crippen LogP contribution in [0, 0.1) is 0 Å². The van der Waals surface area contributed by atoms with Gasteiger partial charge in [0.25, 0.3) is 5.91 Å². The number of halogens is 2. The molecule has 2 heterocycles. The van der Waals surface area contributed by atoms with Crippen molar-refractivity contribution >= 4 is 49.1 Å². The average molecular weight is 441 g/mol. The van der Waals surface area contributed by atoms with E-state index < -0.39 is 0 Å². The first-order valence-electron chi connectivity index (χ1n) is 7.17. The molecule has 5 nitrogen and oxygen atoms in total. The third-order valence-electron chi connectivity index (χ3n) is 3.52. The Kier molecular flexibility index (Phi) is 5.30. The molecule has 0 radical (unpaired) electrons. The van der Waals surface area contributed by atoms with Gasteiger partial charge >= 0.3 is 0 Å². The molecule has 3 rings (SSSR count). The van der Waals surface area contributed by atoms with Crippen LogP contribution in [0.3, 0.4) is 0 Å². The quantitative estimate of drug-likeness (QED) is 0.790. The monoisotopic (exact) mass is 439 g/mol. The first-order chi connectivity index (χ1) is 11.1. The van der Waals surface area contributed by atoms with Gasteiger partial charge in [0.2, 0.25) is 0 Å². The Morgan fingerprint density at radius 1 is 1.17 bits per heavy atom. The molecule has 23 heavy (non-hydrogen) atoms. The molecule has 120 valence electrons. The summed E-state index contributed by atoms with van der Waals surface area (Å²) >= 11 is 6.90. The summed E-state index contributed by atoms with van der Waals surface area (Å²) in [6.07, 6.45) is 3.18. The summed E-state index contributed by atoms with van der Waals surface area (Å²) in [7, 11) is 0. The van der Waals surface area contributed by atoms with Crippen LogP contribution >= 0.6 is 31.9 Å². The van der Waals surface area contributed by atoms with Gasteiger partial charge in [0.05, 0.1) is 24.5 Å². The molecule has 0 atom stereocenters. The molecule has 0 unspecified atom stereocenters. The van der Waals surface area contributed by atoms with E-state index in [1.54, 1.807) is 12.3 Å². The van der Waals surface area contributed by atoms with Gasteiger partial charge in [0.1, 0.15) is 0 Å². The van der Waals surface area contributed by atoms with E-state index >= 15 is 0 Å². The number of carbonyl (C=O) groups excluding carboxylic acids is 1. The lowest BCUT2D eigenvalue weighted by molar-refractivity contribution is 0.102. The highest BCUT2D eigenvalue weighted by Crippen LogP contribution is 2.30. The van der Waals surface area contributed by atoms with Crippen molar-refractivity contribution in [3.05, 3.63) is 51.2 Å². The molecular formula is C16H15Br2N3O2. The lowest BCUT2D eigenvalue weighted by Crippen LogP contribution is -2.36. The van der Waals surface area contributed by atoms with Crippen LogP contribution < -0.4 is 10.2 Å². The van der Waals surface area contributed by atoms with Crippen LogP contribution in [0.5, 0.6) is 0 Å². The number of hydrogen-bond donors (Lipinski definition) is 1. The summed E-state index contributed by atoms with van der Waals surface area (Å²) in [5.74, 6) is -0.190. The summed E-state index contributed by atoms with van der Waals surface area (Å²) < 4.78 is 7.09. The number of morpholine rings is 1.